The summed E-state index contributed by atoms with van der Waals surface area (Å²) in [6.07, 6.45) is 0. The summed E-state index contributed by atoms with van der Waals surface area (Å²) in [5.74, 6) is -0.689. The van der Waals surface area contributed by atoms with Gasteiger partial charge < -0.3 is 15.4 Å². The maximum absolute atomic E-state index is 13.0. The van der Waals surface area contributed by atoms with E-state index in [4.69, 9.17) is 10.5 Å². The smallest absolute Gasteiger partial charge is 0.238 e. The molecule has 1 aromatic rings. The summed E-state index contributed by atoms with van der Waals surface area (Å²) in [6, 6.07) is 3.67. The first-order chi connectivity index (χ1) is 9.50. The van der Waals surface area contributed by atoms with Crippen LogP contribution in [0.25, 0.3) is 0 Å². The van der Waals surface area contributed by atoms with E-state index in [2.05, 4.69) is 0 Å². The molecule has 0 radical (unpaired) electrons. The van der Waals surface area contributed by atoms with E-state index in [1.807, 2.05) is 0 Å². The van der Waals surface area contributed by atoms with E-state index < -0.39 is 21.9 Å². The highest BCUT2D eigenvalue weighted by molar-refractivity contribution is 7.86. The number of halogens is 1. The molecule has 1 fully saturated rings. The Morgan fingerprint density at radius 1 is 1.45 bits per heavy atom. The van der Waals surface area contributed by atoms with Gasteiger partial charge in [-0.1, -0.05) is 0 Å². The van der Waals surface area contributed by atoms with Gasteiger partial charge in [-0.3, -0.25) is 9.00 Å². The zero-order valence-corrected chi connectivity index (χ0v) is 12.0. The average molecular weight is 300 g/mol. The van der Waals surface area contributed by atoms with Crippen LogP contribution in [0.3, 0.4) is 0 Å². The van der Waals surface area contributed by atoms with Crippen LogP contribution in [0.2, 0.25) is 0 Å². The van der Waals surface area contributed by atoms with Crippen LogP contribution in [-0.4, -0.2) is 46.6 Å². The predicted molar refractivity (Wildman–Crippen MR) is 74.1 cm³/mol. The van der Waals surface area contributed by atoms with Crippen LogP contribution in [0.1, 0.15) is 6.92 Å². The van der Waals surface area contributed by atoms with Crippen molar-refractivity contribution in [3.05, 3.63) is 24.0 Å². The van der Waals surface area contributed by atoms with Crippen molar-refractivity contribution in [2.45, 2.75) is 17.1 Å². The summed E-state index contributed by atoms with van der Waals surface area (Å²) in [6.45, 7) is 3.57. The molecule has 5 nitrogen and oxygen atoms in total. The molecule has 0 aliphatic carbocycles. The molecule has 0 aromatic heterocycles. The topological polar surface area (TPSA) is 72.6 Å². The van der Waals surface area contributed by atoms with Crippen molar-refractivity contribution < 1.29 is 18.1 Å². The van der Waals surface area contributed by atoms with Crippen LogP contribution in [-0.2, 0) is 20.3 Å². The normalized spacial score (nSPS) is 18.6. The van der Waals surface area contributed by atoms with Gasteiger partial charge in [-0.2, -0.15) is 0 Å². The highest BCUT2D eigenvalue weighted by Crippen LogP contribution is 2.21. The van der Waals surface area contributed by atoms with Crippen molar-refractivity contribution in [2.75, 3.05) is 32.0 Å². The van der Waals surface area contributed by atoms with Gasteiger partial charge in [-0.25, -0.2) is 4.39 Å². The van der Waals surface area contributed by atoms with Gasteiger partial charge in [-0.15, -0.1) is 0 Å². The molecule has 1 amide bonds. The van der Waals surface area contributed by atoms with Gasteiger partial charge in [-0.05, 0) is 25.1 Å². The number of carbonyl (C=O) groups is 1. The van der Waals surface area contributed by atoms with Crippen molar-refractivity contribution in [2.24, 2.45) is 0 Å². The van der Waals surface area contributed by atoms with Gasteiger partial charge in [0.1, 0.15) is 11.1 Å². The Hall–Kier alpha value is -1.47. The first-order valence-corrected chi connectivity index (χ1v) is 7.54. The molecule has 2 N–H and O–H groups in total. The van der Waals surface area contributed by atoms with Crippen LogP contribution in [0, 0.1) is 5.82 Å². The SMILES string of the molecule is CC(C(=O)N1CCOCC1)S(=O)c1ccc(F)cc1N. The molecular formula is C13H17FN2O3S. The molecule has 1 heterocycles. The summed E-state index contributed by atoms with van der Waals surface area (Å²) in [5.41, 5.74) is 5.76. The zero-order valence-electron chi connectivity index (χ0n) is 11.2. The third-order valence-corrected chi connectivity index (χ3v) is 4.83. The zero-order chi connectivity index (χ0) is 14.7. The fourth-order valence-corrected chi connectivity index (χ4v) is 3.23. The number of nitrogens with two attached hydrogens (primary N) is 1. The number of carbonyl (C=O) groups excluding carboxylic acids is 1. The van der Waals surface area contributed by atoms with E-state index in [0.29, 0.717) is 31.2 Å². The molecule has 0 bridgehead atoms. The molecule has 1 aliphatic heterocycles. The van der Waals surface area contributed by atoms with Gasteiger partial charge in [0.25, 0.3) is 0 Å². The number of anilines is 1. The highest BCUT2D eigenvalue weighted by atomic mass is 32.2. The van der Waals surface area contributed by atoms with Crippen LogP contribution in [0.15, 0.2) is 23.1 Å². The Balaban J connectivity index is 2.13. The summed E-state index contributed by atoms with van der Waals surface area (Å²) in [4.78, 5) is 14.2. The molecule has 0 saturated carbocycles. The number of hydrogen-bond donors (Lipinski definition) is 1. The fourth-order valence-electron chi connectivity index (χ4n) is 2.03. The first-order valence-electron chi connectivity index (χ1n) is 6.33. The molecule has 7 heteroatoms. The van der Waals surface area contributed by atoms with Crippen LogP contribution < -0.4 is 5.73 Å². The first kappa shape index (κ1) is 14.9. The number of benzene rings is 1. The van der Waals surface area contributed by atoms with E-state index in [1.165, 1.54) is 12.1 Å². The lowest BCUT2D eigenvalue weighted by Crippen LogP contribution is -2.46. The number of rotatable bonds is 3. The second-order valence-electron chi connectivity index (χ2n) is 4.56. The summed E-state index contributed by atoms with van der Waals surface area (Å²) < 4.78 is 30.6. The lowest BCUT2D eigenvalue weighted by Gasteiger charge is -2.29. The predicted octanol–water partition coefficient (Wildman–Crippen LogP) is 0.763. The number of hydrogen-bond acceptors (Lipinski definition) is 4. The minimum absolute atomic E-state index is 0.102. The lowest BCUT2D eigenvalue weighted by atomic mass is 10.3. The van der Waals surface area contributed by atoms with Crippen molar-refractivity contribution in [1.82, 2.24) is 4.90 Å². The van der Waals surface area contributed by atoms with E-state index >= 15 is 0 Å². The number of morpholine rings is 1. The van der Waals surface area contributed by atoms with Crippen molar-refractivity contribution in [3.8, 4) is 0 Å². The molecule has 110 valence electrons. The Morgan fingerprint density at radius 3 is 2.70 bits per heavy atom. The van der Waals surface area contributed by atoms with Crippen molar-refractivity contribution in [3.63, 3.8) is 0 Å². The van der Waals surface area contributed by atoms with Gasteiger partial charge in [0.15, 0.2) is 0 Å². The monoisotopic (exact) mass is 300 g/mol. The summed E-state index contributed by atoms with van der Waals surface area (Å²) >= 11 is 0. The molecule has 0 spiro atoms. The largest absolute Gasteiger partial charge is 0.398 e. The Labute approximate surface area is 119 Å². The van der Waals surface area contributed by atoms with Crippen LogP contribution >= 0.6 is 0 Å². The van der Waals surface area contributed by atoms with E-state index in [9.17, 15) is 13.4 Å². The standard InChI is InChI=1S/C13H17FN2O3S/c1-9(13(17)16-4-6-19-7-5-16)20(18)12-3-2-10(14)8-11(12)15/h2-3,8-9H,4-7,15H2,1H3. The number of nitrogen functional groups attached to an aromatic ring is 1. The summed E-state index contributed by atoms with van der Waals surface area (Å²) in [5, 5.41) is -0.721. The second-order valence-corrected chi connectivity index (χ2v) is 6.30. The Bertz CT molecular complexity index is 532. The molecule has 2 atom stereocenters. The Morgan fingerprint density at radius 2 is 2.10 bits per heavy atom. The highest BCUT2D eigenvalue weighted by Gasteiger charge is 2.28. The molecule has 1 saturated heterocycles. The molecule has 20 heavy (non-hydrogen) atoms. The maximum atomic E-state index is 13.0. The minimum atomic E-state index is -1.60. The van der Waals surface area contributed by atoms with Crippen LogP contribution in [0.4, 0.5) is 10.1 Å². The van der Waals surface area contributed by atoms with Gasteiger partial charge in [0.2, 0.25) is 5.91 Å². The minimum Gasteiger partial charge on any atom is -0.398 e. The average Bonchev–Trinajstić information content (AvgIpc) is 2.46. The molecule has 1 aromatic carbocycles. The lowest BCUT2D eigenvalue weighted by molar-refractivity contribution is -0.134. The number of amides is 1. The second kappa shape index (κ2) is 6.32. The van der Waals surface area contributed by atoms with E-state index in [0.717, 1.165) is 6.07 Å². The van der Waals surface area contributed by atoms with E-state index in [1.54, 1.807) is 11.8 Å². The van der Waals surface area contributed by atoms with Crippen LogP contribution in [0.5, 0.6) is 0 Å². The molecular weight excluding hydrogens is 283 g/mol. The molecule has 2 rings (SSSR count). The van der Waals surface area contributed by atoms with Crippen molar-refractivity contribution >= 4 is 22.4 Å². The third-order valence-electron chi connectivity index (χ3n) is 3.18. The van der Waals surface area contributed by atoms with Crippen molar-refractivity contribution in [1.29, 1.82) is 0 Å². The fraction of sp³-hybridized carbons (Fsp3) is 0.462. The number of ether oxygens (including phenoxy) is 1. The maximum Gasteiger partial charge on any atom is 0.238 e. The van der Waals surface area contributed by atoms with Gasteiger partial charge in [0, 0.05) is 13.1 Å². The third kappa shape index (κ3) is 3.16. The molecule has 2 unspecified atom stereocenters. The number of nitrogens with zero attached hydrogens (tertiary/aromatic N) is 1. The van der Waals surface area contributed by atoms with E-state index in [-0.39, 0.29) is 11.6 Å². The quantitative estimate of drug-likeness (QED) is 0.837. The molecule has 1 aliphatic rings. The van der Waals surface area contributed by atoms with Gasteiger partial charge in [0.05, 0.1) is 34.6 Å². The Kier molecular flexibility index (Phi) is 4.72. The van der Waals surface area contributed by atoms with Gasteiger partial charge >= 0.3 is 0 Å². The summed E-state index contributed by atoms with van der Waals surface area (Å²) in [7, 11) is -1.60.